The van der Waals surface area contributed by atoms with Gasteiger partial charge in [0.1, 0.15) is 5.82 Å². The number of hydrogen-bond donors (Lipinski definition) is 2. The van der Waals surface area contributed by atoms with Crippen molar-refractivity contribution in [2.75, 3.05) is 11.1 Å². The number of nitrogens with zero attached hydrogens (tertiary/aromatic N) is 2. The van der Waals surface area contributed by atoms with Crippen LogP contribution < -0.4 is 11.1 Å². The highest BCUT2D eigenvalue weighted by atomic mass is 127. The first-order valence-electron chi connectivity index (χ1n) is 5.54. The zero-order valence-electron chi connectivity index (χ0n) is 9.90. The lowest BCUT2D eigenvalue weighted by Gasteiger charge is -2.17. The Hall–Kier alpha value is -1.31. The van der Waals surface area contributed by atoms with Gasteiger partial charge in [-0.05, 0) is 41.6 Å². The molecule has 1 aromatic heterocycles. The molecule has 0 spiro atoms. The summed E-state index contributed by atoms with van der Waals surface area (Å²) >= 11 is 1.92. The van der Waals surface area contributed by atoms with Crippen LogP contribution >= 0.6 is 22.6 Å². The first-order valence-corrected chi connectivity index (χ1v) is 6.62. The van der Waals surface area contributed by atoms with Crippen molar-refractivity contribution in [1.29, 1.82) is 0 Å². The van der Waals surface area contributed by atoms with Gasteiger partial charge in [-0.1, -0.05) is 0 Å². The zero-order chi connectivity index (χ0) is 13.1. The molecule has 0 radical (unpaired) electrons. The van der Waals surface area contributed by atoms with Gasteiger partial charge in [-0.25, -0.2) is 4.39 Å². The van der Waals surface area contributed by atoms with E-state index >= 15 is 0 Å². The summed E-state index contributed by atoms with van der Waals surface area (Å²) in [5.74, 6) is -0.265. The molecule has 0 bridgehead atoms. The van der Waals surface area contributed by atoms with Gasteiger partial charge < -0.3 is 11.1 Å². The van der Waals surface area contributed by atoms with Crippen LogP contribution in [0.1, 0.15) is 6.92 Å². The lowest BCUT2D eigenvalue weighted by molar-refractivity contribution is 0.560. The molecule has 18 heavy (non-hydrogen) atoms. The van der Waals surface area contributed by atoms with Crippen molar-refractivity contribution >= 4 is 34.0 Å². The number of nitrogens with two attached hydrogens (primary N) is 1. The van der Waals surface area contributed by atoms with Gasteiger partial charge in [0.05, 0.1) is 21.5 Å². The van der Waals surface area contributed by atoms with Crippen molar-refractivity contribution in [3.05, 3.63) is 40.0 Å². The maximum atomic E-state index is 13.5. The van der Waals surface area contributed by atoms with Gasteiger partial charge in [0, 0.05) is 24.5 Å². The van der Waals surface area contributed by atoms with Crippen LogP contribution in [0.3, 0.4) is 0 Å². The number of rotatable bonds is 4. The molecule has 1 unspecified atom stereocenters. The number of nitrogens with one attached hydrogen (secondary N) is 1. The summed E-state index contributed by atoms with van der Waals surface area (Å²) in [6.45, 7) is 2.69. The van der Waals surface area contributed by atoms with Crippen LogP contribution in [-0.2, 0) is 6.54 Å². The average molecular weight is 360 g/mol. The average Bonchev–Trinajstić information content (AvgIpc) is 2.78. The predicted octanol–water partition coefficient (Wildman–Crippen LogP) is 2.71. The lowest BCUT2D eigenvalue weighted by Crippen LogP contribution is -2.23. The van der Waals surface area contributed by atoms with E-state index in [-0.39, 0.29) is 11.9 Å². The Kier molecular flexibility index (Phi) is 4.05. The van der Waals surface area contributed by atoms with Crippen LogP contribution in [0.15, 0.2) is 30.6 Å². The standard InChI is InChI=1S/C12H14FIN4/c1-8(7-18-4-2-3-16-18)17-12-5-9(13)10(14)6-11(12)15/h2-6,8,17H,7,15H2,1H3. The van der Waals surface area contributed by atoms with Crippen LogP contribution in [0.5, 0.6) is 0 Å². The summed E-state index contributed by atoms with van der Waals surface area (Å²) < 4.78 is 15.8. The first-order chi connectivity index (χ1) is 8.56. The van der Waals surface area contributed by atoms with Gasteiger partial charge in [0.2, 0.25) is 0 Å². The Morgan fingerprint density at radius 2 is 2.33 bits per heavy atom. The van der Waals surface area contributed by atoms with Crippen molar-refractivity contribution in [1.82, 2.24) is 9.78 Å². The van der Waals surface area contributed by atoms with Gasteiger partial charge >= 0.3 is 0 Å². The predicted molar refractivity (Wildman–Crippen MR) is 78.8 cm³/mol. The second kappa shape index (κ2) is 5.55. The molecule has 0 fully saturated rings. The molecule has 2 rings (SSSR count). The Bertz CT molecular complexity index is 527. The molecule has 1 atom stereocenters. The van der Waals surface area contributed by atoms with Gasteiger partial charge in [-0.2, -0.15) is 5.10 Å². The molecule has 1 heterocycles. The maximum absolute atomic E-state index is 13.5. The van der Waals surface area contributed by atoms with E-state index in [1.165, 1.54) is 6.07 Å². The van der Waals surface area contributed by atoms with E-state index in [2.05, 4.69) is 10.4 Å². The Morgan fingerprint density at radius 3 is 3.00 bits per heavy atom. The maximum Gasteiger partial charge on any atom is 0.138 e. The number of anilines is 2. The molecule has 0 aliphatic heterocycles. The fourth-order valence-electron chi connectivity index (χ4n) is 1.69. The Morgan fingerprint density at radius 1 is 1.56 bits per heavy atom. The minimum Gasteiger partial charge on any atom is -0.397 e. The summed E-state index contributed by atoms with van der Waals surface area (Å²) in [5, 5.41) is 7.31. The first kappa shape index (κ1) is 13.1. The van der Waals surface area contributed by atoms with Crippen LogP contribution in [0, 0.1) is 9.39 Å². The van der Waals surface area contributed by atoms with Crippen molar-refractivity contribution in [2.45, 2.75) is 19.5 Å². The third-order valence-electron chi connectivity index (χ3n) is 2.51. The van der Waals surface area contributed by atoms with E-state index in [1.54, 1.807) is 12.3 Å². The van der Waals surface area contributed by atoms with E-state index in [0.29, 0.717) is 21.5 Å². The molecular formula is C12H14FIN4. The number of aromatic nitrogens is 2. The minimum absolute atomic E-state index is 0.103. The van der Waals surface area contributed by atoms with E-state index in [1.807, 2.05) is 46.5 Å². The smallest absolute Gasteiger partial charge is 0.138 e. The molecule has 1 aromatic carbocycles. The molecular weight excluding hydrogens is 346 g/mol. The third kappa shape index (κ3) is 3.12. The Labute approximate surface area is 119 Å². The van der Waals surface area contributed by atoms with Crippen molar-refractivity contribution in [2.24, 2.45) is 0 Å². The summed E-state index contributed by atoms with van der Waals surface area (Å²) in [5.41, 5.74) is 7.02. The van der Waals surface area contributed by atoms with Crippen molar-refractivity contribution in [3.63, 3.8) is 0 Å². The molecule has 0 aliphatic rings. The van der Waals surface area contributed by atoms with Crippen LogP contribution in [0.4, 0.5) is 15.8 Å². The second-order valence-corrected chi connectivity index (χ2v) is 5.29. The molecule has 3 N–H and O–H groups in total. The fraction of sp³-hybridized carbons (Fsp3) is 0.250. The normalized spacial score (nSPS) is 12.4. The molecule has 6 heteroatoms. The summed E-state index contributed by atoms with van der Waals surface area (Å²) in [6, 6.07) is 5.02. The van der Waals surface area contributed by atoms with Crippen LogP contribution in [-0.4, -0.2) is 15.8 Å². The number of nitrogen functional groups attached to an aromatic ring is 1. The van der Waals surface area contributed by atoms with Crippen LogP contribution in [0.2, 0.25) is 0 Å². The zero-order valence-corrected chi connectivity index (χ0v) is 12.1. The number of hydrogen-bond acceptors (Lipinski definition) is 3. The lowest BCUT2D eigenvalue weighted by atomic mass is 10.2. The highest BCUT2D eigenvalue weighted by Gasteiger charge is 2.09. The van der Waals surface area contributed by atoms with E-state index in [4.69, 9.17) is 5.73 Å². The number of halogens is 2. The van der Waals surface area contributed by atoms with Gasteiger partial charge in [0.25, 0.3) is 0 Å². The van der Waals surface area contributed by atoms with Crippen molar-refractivity contribution in [3.8, 4) is 0 Å². The minimum atomic E-state index is -0.265. The molecule has 0 saturated heterocycles. The summed E-state index contributed by atoms with van der Waals surface area (Å²) in [4.78, 5) is 0. The highest BCUT2D eigenvalue weighted by Crippen LogP contribution is 2.24. The molecule has 0 amide bonds. The monoisotopic (exact) mass is 360 g/mol. The molecule has 0 saturated carbocycles. The second-order valence-electron chi connectivity index (χ2n) is 4.13. The van der Waals surface area contributed by atoms with Crippen LogP contribution in [0.25, 0.3) is 0 Å². The van der Waals surface area contributed by atoms with E-state index < -0.39 is 0 Å². The fourth-order valence-corrected chi connectivity index (χ4v) is 2.18. The molecule has 2 aromatic rings. The van der Waals surface area contributed by atoms with E-state index in [9.17, 15) is 4.39 Å². The van der Waals surface area contributed by atoms with Gasteiger partial charge in [-0.15, -0.1) is 0 Å². The molecule has 96 valence electrons. The topological polar surface area (TPSA) is 55.9 Å². The van der Waals surface area contributed by atoms with E-state index in [0.717, 1.165) is 0 Å². The third-order valence-corrected chi connectivity index (χ3v) is 3.34. The quantitative estimate of drug-likeness (QED) is 0.651. The SMILES string of the molecule is CC(Cn1cccn1)Nc1cc(F)c(I)cc1N. The molecule has 0 aliphatic carbocycles. The summed E-state index contributed by atoms with van der Waals surface area (Å²) in [6.07, 6.45) is 3.61. The largest absolute Gasteiger partial charge is 0.397 e. The molecule has 4 nitrogen and oxygen atoms in total. The van der Waals surface area contributed by atoms with Crippen molar-refractivity contribution < 1.29 is 4.39 Å². The summed E-state index contributed by atoms with van der Waals surface area (Å²) in [7, 11) is 0. The number of benzene rings is 1. The van der Waals surface area contributed by atoms with Gasteiger partial charge in [0.15, 0.2) is 0 Å². The highest BCUT2D eigenvalue weighted by molar-refractivity contribution is 14.1. The Balaban J connectivity index is 2.07. The van der Waals surface area contributed by atoms with Gasteiger partial charge in [-0.3, -0.25) is 4.68 Å².